The smallest absolute Gasteiger partial charge is 0.272 e. The molecule has 1 amide bonds. The molecule has 0 N–H and O–H groups in total. The Bertz CT molecular complexity index is 1000. The van der Waals surface area contributed by atoms with Gasteiger partial charge in [-0.25, -0.2) is 9.07 Å². The third-order valence-electron chi connectivity index (χ3n) is 5.05. The van der Waals surface area contributed by atoms with Crippen molar-refractivity contribution in [2.24, 2.45) is 0 Å². The van der Waals surface area contributed by atoms with Crippen molar-refractivity contribution in [2.75, 3.05) is 13.1 Å². The number of halogens is 1. The first-order valence-corrected chi connectivity index (χ1v) is 9.78. The van der Waals surface area contributed by atoms with Gasteiger partial charge in [-0.05, 0) is 63.2 Å². The van der Waals surface area contributed by atoms with Gasteiger partial charge in [0.15, 0.2) is 0 Å². The highest BCUT2D eigenvalue weighted by Crippen LogP contribution is 2.24. The summed E-state index contributed by atoms with van der Waals surface area (Å²) in [6, 6.07) is 15.8. The second kappa shape index (κ2) is 7.79. The fourth-order valence-corrected chi connectivity index (χ4v) is 3.68. The zero-order valence-electron chi connectivity index (χ0n) is 16.8. The third-order valence-corrected chi connectivity index (χ3v) is 5.05. The number of aryl methyl sites for hydroxylation is 1. The molecular formula is C23H24FN3O2. The van der Waals surface area contributed by atoms with Crippen molar-refractivity contribution in [3.63, 3.8) is 0 Å². The number of rotatable bonds is 3. The van der Waals surface area contributed by atoms with Crippen LogP contribution in [0.15, 0.2) is 54.6 Å². The van der Waals surface area contributed by atoms with Gasteiger partial charge in [-0.2, -0.15) is 5.10 Å². The summed E-state index contributed by atoms with van der Waals surface area (Å²) in [6.45, 7) is 7.02. The first kappa shape index (κ1) is 19.3. The highest BCUT2D eigenvalue weighted by molar-refractivity contribution is 5.94. The molecule has 2 aromatic carbocycles. The molecule has 1 saturated heterocycles. The Kier molecular flexibility index (Phi) is 5.20. The predicted octanol–water partition coefficient (Wildman–Crippen LogP) is 4.24. The van der Waals surface area contributed by atoms with Crippen LogP contribution in [0.3, 0.4) is 0 Å². The van der Waals surface area contributed by atoms with Gasteiger partial charge in [-0.3, -0.25) is 4.79 Å². The number of benzene rings is 2. The Labute approximate surface area is 169 Å². The minimum Gasteiger partial charge on any atom is -0.372 e. The summed E-state index contributed by atoms with van der Waals surface area (Å²) < 4.78 is 20.8. The number of morpholine rings is 1. The maximum atomic E-state index is 13.4. The Balaban J connectivity index is 1.77. The van der Waals surface area contributed by atoms with E-state index < -0.39 is 0 Å². The monoisotopic (exact) mass is 393 g/mol. The molecule has 0 radical (unpaired) electrons. The van der Waals surface area contributed by atoms with Crippen molar-refractivity contribution in [2.45, 2.75) is 33.0 Å². The van der Waals surface area contributed by atoms with Gasteiger partial charge in [0.1, 0.15) is 11.5 Å². The van der Waals surface area contributed by atoms with E-state index in [1.54, 1.807) is 22.9 Å². The van der Waals surface area contributed by atoms with E-state index in [-0.39, 0.29) is 23.9 Å². The summed E-state index contributed by atoms with van der Waals surface area (Å²) in [6.07, 6.45) is -0.0370. The van der Waals surface area contributed by atoms with Crippen LogP contribution < -0.4 is 0 Å². The van der Waals surface area contributed by atoms with E-state index in [1.165, 1.54) is 12.1 Å². The first-order chi connectivity index (χ1) is 13.9. The van der Waals surface area contributed by atoms with Crippen LogP contribution in [0.1, 0.15) is 29.9 Å². The fourth-order valence-electron chi connectivity index (χ4n) is 3.68. The van der Waals surface area contributed by atoms with Crippen LogP contribution in [-0.2, 0) is 4.74 Å². The van der Waals surface area contributed by atoms with Crippen LogP contribution >= 0.6 is 0 Å². The summed E-state index contributed by atoms with van der Waals surface area (Å²) >= 11 is 0. The molecule has 3 aromatic rings. The minimum absolute atomic E-state index is 0.0185. The molecule has 0 aliphatic carbocycles. The second-order valence-corrected chi connectivity index (χ2v) is 7.64. The molecule has 1 aromatic heterocycles. The normalized spacial score (nSPS) is 19.4. The Hall–Kier alpha value is -2.99. The van der Waals surface area contributed by atoms with Gasteiger partial charge in [-0.1, -0.05) is 17.7 Å². The highest BCUT2D eigenvalue weighted by Gasteiger charge is 2.29. The van der Waals surface area contributed by atoms with E-state index in [1.807, 2.05) is 49.9 Å². The summed E-state index contributed by atoms with van der Waals surface area (Å²) in [5, 5.41) is 4.68. The van der Waals surface area contributed by atoms with E-state index in [4.69, 9.17) is 4.74 Å². The van der Waals surface area contributed by atoms with Crippen LogP contribution in [0.2, 0.25) is 0 Å². The number of aromatic nitrogens is 2. The summed E-state index contributed by atoms with van der Waals surface area (Å²) in [5.41, 5.74) is 3.80. The number of amides is 1. The van der Waals surface area contributed by atoms with Crippen molar-refractivity contribution in [3.8, 4) is 16.9 Å². The number of carbonyl (C=O) groups excluding carboxylic acids is 1. The Morgan fingerprint density at radius 1 is 1.03 bits per heavy atom. The van der Waals surface area contributed by atoms with E-state index in [0.29, 0.717) is 24.5 Å². The van der Waals surface area contributed by atoms with Gasteiger partial charge in [0, 0.05) is 18.7 Å². The van der Waals surface area contributed by atoms with Crippen LogP contribution in [0.5, 0.6) is 0 Å². The summed E-state index contributed by atoms with van der Waals surface area (Å²) in [7, 11) is 0. The lowest BCUT2D eigenvalue weighted by Gasteiger charge is -2.35. The number of nitrogens with zero attached hydrogens (tertiary/aromatic N) is 3. The fraction of sp³-hybridized carbons (Fsp3) is 0.304. The topological polar surface area (TPSA) is 47.4 Å². The summed E-state index contributed by atoms with van der Waals surface area (Å²) in [4.78, 5) is 15.2. The van der Waals surface area contributed by atoms with Gasteiger partial charge >= 0.3 is 0 Å². The number of hydrogen-bond acceptors (Lipinski definition) is 3. The summed E-state index contributed by atoms with van der Waals surface area (Å²) in [5.74, 6) is -0.396. The predicted molar refractivity (Wildman–Crippen MR) is 110 cm³/mol. The van der Waals surface area contributed by atoms with E-state index in [9.17, 15) is 9.18 Å². The molecule has 0 spiro atoms. The van der Waals surface area contributed by atoms with Gasteiger partial charge in [0.25, 0.3) is 5.91 Å². The van der Waals surface area contributed by atoms with Crippen molar-refractivity contribution >= 4 is 5.91 Å². The average molecular weight is 393 g/mol. The van der Waals surface area contributed by atoms with Crippen LogP contribution in [0, 0.1) is 12.7 Å². The van der Waals surface area contributed by atoms with Crippen LogP contribution in [-0.4, -0.2) is 45.9 Å². The highest BCUT2D eigenvalue weighted by atomic mass is 19.1. The van der Waals surface area contributed by atoms with Gasteiger partial charge in [0.05, 0.1) is 23.6 Å². The molecule has 4 rings (SSSR count). The molecule has 1 aliphatic rings. The lowest BCUT2D eigenvalue weighted by Crippen LogP contribution is -2.48. The van der Waals surface area contributed by atoms with Gasteiger partial charge in [0.2, 0.25) is 0 Å². The maximum absolute atomic E-state index is 13.4. The Morgan fingerprint density at radius 2 is 1.66 bits per heavy atom. The quantitative estimate of drug-likeness (QED) is 0.669. The maximum Gasteiger partial charge on any atom is 0.272 e. The van der Waals surface area contributed by atoms with Crippen molar-refractivity contribution < 1.29 is 13.9 Å². The van der Waals surface area contributed by atoms with Crippen LogP contribution in [0.4, 0.5) is 4.39 Å². The van der Waals surface area contributed by atoms with Crippen molar-refractivity contribution in [1.29, 1.82) is 0 Å². The van der Waals surface area contributed by atoms with Gasteiger partial charge < -0.3 is 9.64 Å². The zero-order chi connectivity index (χ0) is 20.5. The molecule has 1 aliphatic heterocycles. The van der Waals surface area contributed by atoms with E-state index in [0.717, 1.165) is 16.8 Å². The zero-order valence-corrected chi connectivity index (χ0v) is 16.8. The molecule has 5 nitrogen and oxygen atoms in total. The Morgan fingerprint density at radius 3 is 2.28 bits per heavy atom. The van der Waals surface area contributed by atoms with E-state index >= 15 is 0 Å². The number of hydrogen-bond donors (Lipinski definition) is 0. The lowest BCUT2D eigenvalue weighted by molar-refractivity contribution is -0.0588. The average Bonchev–Trinajstić information content (AvgIpc) is 3.13. The molecule has 2 atom stereocenters. The molecule has 150 valence electrons. The molecule has 2 heterocycles. The molecule has 0 unspecified atom stereocenters. The minimum atomic E-state index is -0.306. The largest absolute Gasteiger partial charge is 0.372 e. The standard InChI is InChI=1S/C23H24FN3O2/c1-15-4-10-20(11-5-15)27-22(23(28)26-13-16(2)29-17(3)14-26)12-21(25-27)18-6-8-19(24)9-7-18/h4-12,16-17H,13-14H2,1-3H3/t16-,17-/m0/s1. The lowest BCUT2D eigenvalue weighted by atomic mass is 10.1. The molecule has 29 heavy (non-hydrogen) atoms. The number of carbonyl (C=O) groups is 1. The first-order valence-electron chi connectivity index (χ1n) is 9.78. The SMILES string of the molecule is Cc1ccc(-n2nc(-c3ccc(F)cc3)cc2C(=O)N2C[C@H](C)O[C@@H](C)C2)cc1. The molecule has 0 bridgehead atoms. The molecule has 6 heteroatoms. The van der Waals surface area contributed by atoms with Crippen molar-refractivity contribution in [1.82, 2.24) is 14.7 Å². The second-order valence-electron chi connectivity index (χ2n) is 7.64. The van der Waals surface area contributed by atoms with Crippen molar-refractivity contribution in [3.05, 3.63) is 71.7 Å². The van der Waals surface area contributed by atoms with E-state index in [2.05, 4.69) is 5.10 Å². The van der Waals surface area contributed by atoms with Crippen LogP contribution in [0.25, 0.3) is 16.9 Å². The molecular weight excluding hydrogens is 369 g/mol. The third kappa shape index (κ3) is 4.07. The molecule has 1 fully saturated rings. The van der Waals surface area contributed by atoms with Gasteiger partial charge in [-0.15, -0.1) is 0 Å². The number of ether oxygens (including phenoxy) is 1. The molecule has 0 saturated carbocycles.